The van der Waals surface area contributed by atoms with E-state index in [4.69, 9.17) is 4.98 Å². The van der Waals surface area contributed by atoms with Crippen molar-refractivity contribution in [2.75, 3.05) is 27.2 Å². The van der Waals surface area contributed by atoms with Crippen LogP contribution in [0.4, 0.5) is 8.78 Å². The van der Waals surface area contributed by atoms with Gasteiger partial charge in [0.1, 0.15) is 45.1 Å². The fraction of sp³-hybridized carbons (Fsp3) is 0.475. The molecule has 18 nitrogen and oxygen atoms in total. The Hall–Kier alpha value is -7.14. The van der Waals surface area contributed by atoms with Gasteiger partial charge in [-0.05, 0) is 139 Å². The summed E-state index contributed by atoms with van der Waals surface area (Å²) >= 11 is 2.40. The number of carbonyl (C=O) groups is 8. The van der Waals surface area contributed by atoms with Crippen LogP contribution in [-0.4, -0.2) is 130 Å². The molecule has 442 valence electrons. The lowest BCUT2D eigenvalue weighted by Gasteiger charge is -2.35. The molecule has 22 heteroatoms. The monoisotopic (exact) mass is 1180 g/mol. The lowest BCUT2D eigenvalue weighted by molar-refractivity contribution is -0.139. The number of nitrogens with zero attached hydrogens (tertiary/aromatic N) is 4. The zero-order valence-corrected chi connectivity index (χ0v) is 48.9. The van der Waals surface area contributed by atoms with Gasteiger partial charge in [0.25, 0.3) is 11.8 Å². The summed E-state index contributed by atoms with van der Waals surface area (Å²) in [6.45, 7) is 7.06. The molecule has 2 aromatic heterocycles. The van der Waals surface area contributed by atoms with Crippen LogP contribution in [0.25, 0.3) is 0 Å². The molecule has 8 atom stereocenters. The molecule has 0 unspecified atom stereocenters. The fourth-order valence-electron chi connectivity index (χ4n) is 11.4. The summed E-state index contributed by atoms with van der Waals surface area (Å²) in [5.74, 6) is -4.26. The van der Waals surface area contributed by atoms with Gasteiger partial charge in [-0.25, -0.2) is 18.7 Å². The van der Waals surface area contributed by atoms with Gasteiger partial charge in [0.05, 0.1) is 24.2 Å². The molecule has 2 saturated heterocycles. The Morgan fingerprint density at radius 2 is 1.08 bits per heavy atom. The van der Waals surface area contributed by atoms with Crippen molar-refractivity contribution in [3.05, 3.63) is 140 Å². The topological polar surface area (TPSA) is 241 Å². The number of hydrogen-bond donors (Lipinski definition) is 6. The van der Waals surface area contributed by atoms with Gasteiger partial charge in [-0.2, -0.15) is 0 Å². The predicted molar refractivity (Wildman–Crippen MR) is 313 cm³/mol. The van der Waals surface area contributed by atoms with E-state index in [9.17, 15) is 47.1 Å². The van der Waals surface area contributed by atoms with Gasteiger partial charge in [0, 0.05) is 59.0 Å². The van der Waals surface area contributed by atoms with Crippen LogP contribution in [-0.2, 0) is 19.2 Å². The summed E-state index contributed by atoms with van der Waals surface area (Å²) in [6, 6.07) is 5.91. The number of likely N-dealkylation sites (N-methyl/N-ethyl adjacent to an activating group) is 2. The number of ketones is 2. The molecule has 4 fully saturated rings. The highest BCUT2D eigenvalue weighted by Crippen LogP contribution is 2.39. The van der Waals surface area contributed by atoms with Crippen LogP contribution in [0.15, 0.2) is 96.0 Å². The predicted octanol–water partition coefficient (Wildman–Crippen LogP) is 7.63. The lowest BCUT2D eigenvalue weighted by atomic mass is 9.83. The number of aromatic nitrogens is 2. The molecule has 4 heterocycles. The third-order valence-electron chi connectivity index (χ3n) is 16.4. The molecule has 4 aromatic rings. The zero-order chi connectivity index (χ0) is 59.3. The first kappa shape index (κ1) is 61.9. The first-order valence-electron chi connectivity index (χ1n) is 28.6. The number of carbonyl (C=O) groups excluding carboxylic acids is 8. The van der Waals surface area contributed by atoms with E-state index in [-0.39, 0.29) is 102 Å². The molecule has 8 rings (SSSR count). The van der Waals surface area contributed by atoms with Gasteiger partial charge >= 0.3 is 0 Å². The fourth-order valence-corrected chi connectivity index (χ4v) is 13.3. The maximum atomic E-state index is 14.9. The number of nitrogens with one attached hydrogen (secondary N) is 6. The van der Waals surface area contributed by atoms with E-state index >= 15 is 0 Å². The second kappa shape index (κ2) is 28.9. The Labute approximate surface area is 490 Å². The highest BCUT2D eigenvalue weighted by molar-refractivity contribution is 7.10. The number of thiazole rings is 2. The van der Waals surface area contributed by atoms with E-state index in [1.54, 1.807) is 48.5 Å². The third kappa shape index (κ3) is 15.6. The van der Waals surface area contributed by atoms with Crippen molar-refractivity contribution < 1.29 is 47.1 Å². The van der Waals surface area contributed by atoms with Gasteiger partial charge in [-0.1, -0.05) is 57.3 Å². The van der Waals surface area contributed by atoms with Crippen molar-refractivity contribution in [2.24, 2.45) is 11.8 Å². The standard InChI is InChI=1S/C61H74F2N10O8S2/c1-6-14-42(62)19-13-20-50(74)46-33-82-58(68-46)48-29-44(31-72(48)60(80)51(37-15-9-7-10-16-37)70-54(76)35(2)64-4)66-56(78)40-21-23-41(24-22-40)57(79)67-45-30-49(59-69-47(34-83-59)53(75)39-25-27-43(63)28-26-39)73(32-45)61(81)52(38-17-11-8-12-18-38)71-55(77)36(3)65-5/h6,13-14,19,21-28,33-38,44-45,48-49,51-52,64-65H,1,7-12,15-18,20,29-32H2,2-5H3,(H,66,78)(H,67,79)(H,70,76)(H,71,77)/b19-13-,42-14+/t35-,36-,44-,45-,48-,49-,51-,52-/m0/s1. The van der Waals surface area contributed by atoms with Crippen molar-refractivity contribution in [2.45, 2.75) is 146 Å². The van der Waals surface area contributed by atoms with Crippen LogP contribution in [0, 0.1) is 17.7 Å². The molecule has 6 N–H and O–H groups in total. The van der Waals surface area contributed by atoms with Crippen LogP contribution in [0.1, 0.15) is 167 Å². The summed E-state index contributed by atoms with van der Waals surface area (Å²) in [5, 5.41) is 22.3. The molecule has 2 saturated carbocycles. The molecule has 0 radical (unpaired) electrons. The van der Waals surface area contributed by atoms with Crippen LogP contribution in [0.5, 0.6) is 0 Å². The van der Waals surface area contributed by atoms with Crippen molar-refractivity contribution in [1.29, 1.82) is 0 Å². The Balaban J connectivity index is 0.987. The molecule has 0 bridgehead atoms. The number of amides is 6. The van der Waals surface area contributed by atoms with E-state index in [0.717, 1.165) is 64.2 Å². The Bertz CT molecular complexity index is 3060. The normalized spacial score (nSPS) is 21.2. The molecule has 0 spiro atoms. The Kier molecular flexibility index (Phi) is 21.6. The highest BCUT2D eigenvalue weighted by atomic mass is 32.1. The highest BCUT2D eigenvalue weighted by Gasteiger charge is 2.46. The first-order chi connectivity index (χ1) is 40.0. The second-order valence-electron chi connectivity index (χ2n) is 22.0. The smallest absolute Gasteiger partial charge is 0.251 e. The van der Waals surface area contributed by atoms with E-state index in [0.29, 0.717) is 10.0 Å². The van der Waals surface area contributed by atoms with Gasteiger partial charge < -0.3 is 41.7 Å². The summed E-state index contributed by atoms with van der Waals surface area (Å²) in [4.78, 5) is 124. The Morgan fingerprint density at radius 1 is 0.651 bits per heavy atom. The molecule has 4 aliphatic rings. The van der Waals surface area contributed by atoms with Crippen LogP contribution in [0.3, 0.4) is 0 Å². The molecule has 2 aliphatic heterocycles. The molecule has 2 aliphatic carbocycles. The van der Waals surface area contributed by atoms with E-state index in [1.165, 1.54) is 95.5 Å². The maximum absolute atomic E-state index is 14.9. The molecule has 83 heavy (non-hydrogen) atoms. The van der Waals surface area contributed by atoms with Crippen LogP contribution >= 0.6 is 22.7 Å². The minimum Gasteiger partial charge on any atom is -0.347 e. The van der Waals surface area contributed by atoms with Crippen molar-refractivity contribution in [1.82, 2.24) is 51.7 Å². The maximum Gasteiger partial charge on any atom is 0.251 e. The number of halogens is 2. The molecular formula is C61H74F2N10O8S2. The molecule has 2 aromatic carbocycles. The minimum atomic E-state index is -0.847. The number of benzene rings is 2. The van der Waals surface area contributed by atoms with Crippen molar-refractivity contribution >= 4 is 69.7 Å². The SMILES string of the molecule is C=C/C=C(F)\C=C/CC(=O)c1csc([C@@H]2C[C@H](NC(=O)c3ccc(C(=O)N[C@H]4C[C@@H](c5nc(C(=O)c6ccc(F)cc6)cs5)N(C(=O)[C@@H](NC(=O)[C@H](C)NC)C5CCCCC5)C4)cc3)CN2C(=O)[C@@H](NC(=O)[C@H](C)NC)C2CCCCC2)n1. The summed E-state index contributed by atoms with van der Waals surface area (Å²) in [6.07, 6.45) is 14.1. The van der Waals surface area contributed by atoms with E-state index in [2.05, 4.69) is 43.5 Å². The van der Waals surface area contributed by atoms with Crippen LogP contribution in [0.2, 0.25) is 0 Å². The Morgan fingerprint density at radius 3 is 1.53 bits per heavy atom. The van der Waals surface area contributed by atoms with Crippen LogP contribution < -0.4 is 31.9 Å². The van der Waals surface area contributed by atoms with Gasteiger partial charge in [-0.15, -0.1) is 22.7 Å². The summed E-state index contributed by atoms with van der Waals surface area (Å²) in [7, 11) is 3.33. The number of Topliss-reactive ketones (excluding diaryl/α,β-unsaturated/α-hetero) is 1. The zero-order valence-electron chi connectivity index (χ0n) is 47.3. The average molecular weight is 1180 g/mol. The lowest BCUT2D eigenvalue weighted by Crippen LogP contribution is -2.56. The van der Waals surface area contributed by atoms with E-state index < -0.39 is 77.6 Å². The summed E-state index contributed by atoms with van der Waals surface area (Å²) < 4.78 is 27.7. The minimum absolute atomic E-state index is 0.0768. The van der Waals surface area contributed by atoms with Gasteiger partial charge in [-0.3, -0.25) is 38.4 Å². The number of hydrogen-bond acceptors (Lipinski definition) is 14. The largest absolute Gasteiger partial charge is 0.347 e. The van der Waals surface area contributed by atoms with E-state index in [1.807, 2.05) is 0 Å². The molecular weight excluding hydrogens is 1100 g/mol. The number of allylic oxidation sites excluding steroid dienone is 5. The third-order valence-corrected chi connectivity index (χ3v) is 18.3. The van der Waals surface area contributed by atoms with Gasteiger partial charge in [0.15, 0.2) is 5.78 Å². The second-order valence-corrected chi connectivity index (χ2v) is 23.8. The average Bonchev–Trinajstić information content (AvgIpc) is 3.97. The summed E-state index contributed by atoms with van der Waals surface area (Å²) in [5.41, 5.74) is 1.00. The number of rotatable bonds is 23. The number of likely N-dealkylation sites (tertiary alicyclic amines) is 2. The quantitative estimate of drug-likeness (QED) is 0.0311. The van der Waals surface area contributed by atoms with Gasteiger partial charge in [0.2, 0.25) is 29.4 Å². The first-order valence-corrected chi connectivity index (χ1v) is 30.4. The van der Waals surface area contributed by atoms with Crippen molar-refractivity contribution in [3.63, 3.8) is 0 Å². The molecule has 6 amide bonds. The van der Waals surface area contributed by atoms with Crippen molar-refractivity contribution in [3.8, 4) is 0 Å².